The van der Waals surface area contributed by atoms with Gasteiger partial charge in [-0.1, -0.05) is 79.7 Å². The van der Waals surface area contributed by atoms with E-state index in [1.54, 1.807) is 66.4 Å². The first kappa shape index (κ1) is 30.7. The summed E-state index contributed by atoms with van der Waals surface area (Å²) < 4.78 is 10.1. The Morgan fingerprint density at radius 2 is 1.62 bits per heavy atom. The Hall–Kier alpha value is -3.79. The summed E-state index contributed by atoms with van der Waals surface area (Å²) in [6.07, 6.45) is 5.98. The SMILES string of the molecule is COC(=O)[C@H](CSC1(C)CC=CCC1)NC(=O)C(Cc1ccccc1)[C@H](NC(=O)OCc1ccccc1)C(=O)O. The average Bonchev–Trinajstić information content (AvgIpc) is 2.96. The molecule has 2 amide bonds. The number of carboxylic acids is 1. The van der Waals surface area contributed by atoms with Gasteiger partial charge < -0.3 is 25.2 Å². The lowest BCUT2D eigenvalue weighted by Crippen LogP contribution is -2.55. The van der Waals surface area contributed by atoms with E-state index in [1.165, 1.54) is 7.11 Å². The number of carboxylic acid groups (broad SMARTS) is 1. The minimum absolute atomic E-state index is 0.00610. The molecule has 2 aromatic rings. The van der Waals surface area contributed by atoms with Crippen LogP contribution in [0, 0.1) is 5.92 Å². The molecule has 1 aliphatic carbocycles. The largest absolute Gasteiger partial charge is 0.480 e. The minimum atomic E-state index is -1.62. The molecule has 0 fully saturated rings. The van der Waals surface area contributed by atoms with Gasteiger partial charge in [-0.25, -0.2) is 14.4 Å². The van der Waals surface area contributed by atoms with Crippen molar-refractivity contribution in [2.45, 2.75) is 56.0 Å². The number of hydrogen-bond donors (Lipinski definition) is 3. The van der Waals surface area contributed by atoms with Gasteiger partial charge in [-0.15, -0.1) is 0 Å². The lowest BCUT2D eigenvalue weighted by atomic mass is 9.90. The van der Waals surface area contributed by atoms with Gasteiger partial charge in [0.1, 0.15) is 18.7 Å². The molecule has 0 heterocycles. The Balaban J connectivity index is 1.77. The van der Waals surface area contributed by atoms with Crippen LogP contribution in [0.5, 0.6) is 0 Å². The predicted octanol–water partition coefficient (Wildman–Crippen LogP) is 4.11. The maximum atomic E-state index is 13.6. The zero-order valence-electron chi connectivity index (χ0n) is 22.7. The number of benzene rings is 2. The number of alkyl carbamates (subject to hydrolysis) is 1. The van der Waals surface area contributed by atoms with Crippen molar-refractivity contribution in [3.63, 3.8) is 0 Å². The van der Waals surface area contributed by atoms with Gasteiger partial charge in [0.15, 0.2) is 0 Å². The number of amides is 2. The maximum absolute atomic E-state index is 13.6. The number of thioether (sulfide) groups is 1. The molecule has 0 aromatic heterocycles. The van der Waals surface area contributed by atoms with Crippen LogP contribution in [0.1, 0.15) is 37.3 Å². The molecule has 0 spiro atoms. The van der Waals surface area contributed by atoms with Gasteiger partial charge in [0.05, 0.1) is 13.0 Å². The van der Waals surface area contributed by atoms with Crippen LogP contribution >= 0.6 is 11.8 Å². The molecule has 0 radical (unpaired) electrons. The number of methoxy groups -OCH3 is 1. The molecule has 0 bridgehead atoms. The number of carbonyl (C=O) groups is 4. The molecule has 3 N–H and O–H groups in total. The van der Waals surface area contributed by atoms with Crippen LogP contribution < -0.4 is 10.6 Å². The van der Waals surface area contributed by atoms with Crippen molar-refractivity contribution in [2.24, 2.45) is 5.92 Å². The van der Waals surface area contributed by atoms with Crippen LogP contribution in [-0.2, 0) is 36.9 Å². The lowest BCUT2D eigenvalue weighted by molar-refractivity contribution is -0.146. The third-order valence-electron chi connectivity index (χ3n) is 6.75. The summed E-state index contributed by atoms with van der Waals surface area (Å²) >= 11 is 1.57. The highest BCUT2D eigenvalue weighted by molar-refractivity contribution is 8.00. The van der Waals surface area contributed by atoms with E-state index in [0.717, 1.165) is 24.8 Å². The van der Waals surface area contributed by atoms with Crippen LogP contribution in [0.4, 0.5) is 4.79 Å². The number of hydrogen-bond acceptors (Lipinski definition) is 7. The van der Waals surface area contributed by atoms with Gasteiger partial charge in [0.2, 0.25) is 5.91 Å². The average molecular weight is 569 g/mol. The van der Waals surface area contributed by atoms with E-state index in [0.29, 0.717) is 5.56 Å². The first-order valence-corrected chi connectivity index (χ1v) is 14.1. The van der Waals surface area contributed by atoms with Crippen molar-refractivity contribution < 1.29 is 33.8 Å². The summed E-state index contributed by atoms with van der Waals surface area (Å²) in [4.78, 5) is 51.2. The van der Waals surface area contributed by atoms with Gasteiger partial charge in [0.25, 0.3) is 0 Å². The van der Waals surface area contributed by atoms with E-state index in [-0.39, 0.29) is 23.5 Å². The highest BCUT2D eigenvalue weighted by Crippen LogP contribution is 2.37. The van der Waals surface area contributed by atoms with E-state index in [9.17, 15) is 24.3 Å². The van der Waals surface area contributed by atoms with Crippen LogP contribution in [-0.4, -0.2) is 58.7 Å². The molecule has 214 valence electrons. The molecule has 2 unspecified atom stereocenters. The van der Waals surface area contributed by atoms with Crippen LogP contribution in [0.3, 0.4) is 0 Å². The van der Waals surface area contributed by atoms with E-state index in [1.807, 2.05) is 6.07 Å². The highest BCUT2D eigenvalue weighted by atomic mass is 32.2. The van der Waals surface area contributed by atoms with Gasteiger partial charge in [0, 0.05) is 10.5 Å². The zero-order valence-corrected chi connectivity index (χ0v) is 23.5. The number of ether oxygens (including phenoxy) is 2. The van der Waals surface area contributed by atoms with E-state index < -0.39 is 41.9 Å². The molecule has 3 rings (SSSR count). The van der Waals surface area contributed by atoms with Crippen LogP contribution in [0.2, 0.25) is 0 Å². The quantitative estimate of drug-likeness (QED) is 0.243. The van der Waals surface area contributed by atoms with Crippen LogP contribution in [0.15, 0.2) is 72.8 Å². The van der Waals surface area contributed by atoms with Crippen molar-refractivity contribution in [3.8, 4) is 0 Å². The lowest BCUT2D eigenvalue weighted by Gasteiger charge is -2.32. The van der Waals surface area contributed by atoms with Gasteiger partial charge in [-0.3, -0.25) is 4.79 Å². The summed E-state index contributed by atoms with van der Waals surface area (Å²) in [5.74, 6) is -3.71. The summed E-state index contributed by atoms with van der Waals surface area (Å²) in [7, 11) is 1.24. The molecule has 9 nitrogen and oxygen atoms in total. The van der Waals surface area contributed by atoms with Gasteiger partial charge >= 0.3 is 18.0 Å². The summed E-state index contributed by atoms with van der Waals surface area (Å²) in [6.45, 7) is 2.05. The fourth-order valence-electron chi connectivity index (χ4n) is 4.40. The second-order valence-corrected chi connectivity index (χ2v) is 11.5. The Labute approximate surface area is 238 Å². The standard InChI is InChI=1S/C30H36N2O7S/c1-30(16-10-5-11-17-30)40-20-24(28(36)38-2)31-26(33)23(18-21-12-6-3-7-13-21)25(27(34)35)32-29(37)39-19-22-14-8-4-9-15-22/h3-10,12-15,23-25H,11,16-20H2,1-2H3,(H,31,33)(H,32,37)(H,34,35)/t23?,24-,25-,30?/m0/s1. The summed E-state index contributed by atoms with van der Waals surface area (Å²) in [6, 6.07) is 15.2. The van der Waals surface area contributed by atoms with Gasteiger partial charge in [-0.2, -0.15) is 11.8 Å². The third-order valence-corrected chi connectivity index (χ3v) is 8.31. The molecule has 0 aliphatic heterocycles. The number of carbonyl (C=O) groups excluding carboxylic acids is 3. The molecular formula is C30H36N2O7S. The molecule has 2 aromatic carbocycles. The highest BCUT2D eigenvalue weighted by Gasteiger charge is 2.38. The first-order chi connectivity index (χ1) is 19.2. The first-order valence-electron chi connectivity index (χ1n) is 13.1. The Morgan fingerprint density at radius 3 is 2.20 bits per heavy atom. The third kappa shape index (κ3) is 9.44. The number of nitrogens with one attached hydrogen (secondary N) is 2. The summed E-state index contributed by atoms with van der Waals surface area (Å²) in [5, 5.41) is 15.1. The molecule has 4 atom stereocenters. The second kappa shape index (κ2) is 15.1. The monoisotopic (exact) mass is 568 g/mol. The fraction of sp³-hybridized carbons (Fsp3) is 0.400. The number of allylic oxidation sites excluding steroid dienone is 2. The number of rotatable bonds is 13. The molecule has 0 saturated heterocycles. The van der Waals surface area contributed by atoms with E-state index >= 15 is 0 Å². The maximum Gasteiger partial charge on any atom is 0.408 e. The molecular weight excluding hydrogens is 532 g/mol. The Bertz CT molecular complexity index is 1180. The Morgan fingerprint density at radius 1 is 0.975 bits per heavy atom. The molecule has 1 aliphatic rings. The zero-order chi connectivity index (χ0) is 29.0. The van der Waals surface area contributed by atoms with Crippen molar-refractivity contribution in [1.29, 1.82) is 0 Å². The van der Waals surface area contributed by atoms with Crippen molar-refractivity contribution in [3.05, 3.63) is 83.9 Å². The van der Waals surface area contributed by atoms with E-state index in [2.05, 4.69) is 29.7 Å². The molecule has 10 heteroatoms. The van der Waals surface area contributed by atoms with Gasteiger partial charge in [-0.05, 0) is 36.8 Å². The minimum Gasteiger partial charge on any atom is -0.480 e. The molecule has 0 saturated carbocycles. The van der Waals surface area contributed by atoms with Crippen molar-refractivity contribution in [1.82, 2.24) is 10.6 Å². The normalized spacial score (nSPS) is 18.6. The van der Waals surface area contributed by atoms with Crippen molar-refractivity contribution in [2.75, 3.05) is 12.9 Å². The van der Waals surface area contributed by atoms with Crippen molar-refractivity contribution >= 4 is 35.7 Å². The smallest absolute Gasteiger partial charge is 0.408 e. The topological polar surface area (TPSA) is 131 Å². The molecule has 40 heavy (non-hydrogen) atoms. The number of esters is 1. The number of aliphatic carboxylic acids is 1. The predicted molar refractivity (Wildman–Crippen MR) is 153 cm³/mol. The summed E-state index contributed by atoms with van der Waals surface area (Å²) in [5.41, 5.74) is 1.42. The van der Waals surface area contributed by atoms with E-state index in [4.69, 9.17) is 9.47 Å². The fourth-order valence-corrected chi connectivity index (χ4v) is 5.67. The second-order valence-electron chi connectivity index (χ2n) is 9.88. The van der Waals surface area contributed by atoms with Crippen LogP contribution in [0.25, 0.3) is 0 Å². The Kier molecular flexibility index (Phi) is 11.6.